The van der Waals surface area contributed by atoms with E-state index in [0.29, 0.717) is 12.8 Å². The number of Topliss-reactive ketones (excluding diaryl/α,β-unsaturated/α-hetero) is 2. The van der Waals surface area contributed by atoms with Gasteiger partial charge in [0, 0.05) is 75.5 Å². The van der Waals surface area contributed by atoms with Crippen LogP contribution in [0.3, 0.4) is 0 Å². The van der Waals surface area contributed by atoms with Crippen LogP contribution in [0.2, 0.25) is 0 Å². The van der Waals surface area contributed by atoms with Crippen LogP contribution >= 0.6 is 46.9 Å². The molecule has 2 aliphatic heterocycles. The predicted octanol–water partition coefficient (Wildman–Crippen LogP) is -3.38. The molecular formula is C64H92N14O34P6-8. The second kappa shape index (κ2) is 40.3. The molecule has 1 saturated carbocycles. The lowest BCUT2D eigenvalue weighted by atomic mass is 9.81. The molecule has 14 atom stereocenters. The Kier molecular flexibility index (Phi) is 33.2. The number of anilines is 2. The first-order valence-corrected chi connectivity index (χ1v) is 45.3. The molecule has 0 bridgehead atoms. The number of rotatable bonds is 50. The SMILES string of the molecule is CC(C)(CCCc1cccc(CCCC2(CC(=O)CCNC(=O)CCNC(=O)C(O)C(C)(C)COP(=O)([O-])OP(=O)([O-])OCC3OC(n4cnc5c(N)ncnc54)C(O)C3OP(=O)([O-])[O-])CC2)c1)CC(=O)CCNC(=O)CCNC(=O)C(O)C(C)(C)COP(=O)([O-])OP(=O)([O-])OCC1OC(n2cnc3c(N)ncnc32)C(O)C1OP(=O)([O-])[O-]. The Hall–Kier alpha value is -6.36. The molecule has 2 saturated heterocycles. The number of nitrogens with two attached hydrogens (primary N) is 2. The van der Waals surface area contributed by atoms with Crippen molar-refractivity contribution >= 4 is 116 Å². The van der Waals surface area contributed by atoms with Crippen LogP contribution in [0.4, 0.5) is 11.6 Å². The molecule has 54 heteroatoms. The van der Waals surface area contributed by atoms with Gasteiger partial charge in [0.05, 0.1) is 54.7 Å². The van der Waals surface area contributed by atoms with E-state index in [4.69, 9.17) is 20.9 Å². The molecule has 3 aliphatic rings. The monoisotopic (exact) mass is 1790 g/mol. The maximum atomic E-state index is 13.1. The zero-order valence-corrected chi connectivity index (χ0v) is 69.8. The van der Waals surface area contributed by atoms with Crippen molar-refractivity contribution in [2.24, 2.45) is 21.7 Å². The van der Waals surface area contributed by atoms with E-state index in [1.807, 2.05) is 32.0 Å². The normalized spacial score (nSPS) is 22.4. The number of aliphatic hydroxyl groups excluding tert-OH is 4. The van der Waals surface area contributed by atoms with Gasteiger partial charge in [-0.15, -0.1) is 0 Å². The van der Waals surface area contributed by atoms with Crippen LogP contribution < -0.4 is 71.9 Å². The Labute approximate surface area is 673 Å². The van der Waals surface area contributed by atoms with Crippen molar-refractivity contribution in [3.63, 3.8) is 0 Å². The first kappa shape index (κ1) is 97.1. The van der Waals surface area contributed by atoms with Gasteiger partial charge in [-0.1, -0.05) is 65.8 Å². The van der Waals surface area contributed by atoms with Gasteiger partial charge in [0.2, 0.25) is 23.6 Å². The molecule has 0 radical (unpaired) electrons. The molecule has 0 spiro atoms. The molecule has 1 aromatic carbocycles. The molecule has 6 heterocycles. The molecule has 48 nitrogen and oxygen atoms in total. The topological polar surface area (TPSA) is 750 Å². The summed E-state index contributed by atoms with van der Waals surface area (Å²) in [4.78, 5) is 198. The molecule has 118 heavy (non-hydrogen) atoms. The van der Waals surface area contributed by atoms with Crippen LogP contribution in [-0.2, 0) is 114 Å². The number of nitrogens with zero attached hydrogens (tertiary/aromatic N) is 8. The lowest BCUT2D eigenvalue weighted by molar-refractivity contribution is -0.348. The smallest absolute Gasteiger partial charge is 0.274 e. The lowest BCUT2D eigenvalue weighted by Gasteiger charge is -2.36. The molecule has 3 fully saturated rings. The average Bonchev–Trinajstić information content (AvgIpc) is 1.61. The van der Waals surface area contributed by atoms with Crippen LogP contribution in [0, 0.1) is 21.7 Å². The number of phosphoric ester groups is 6. The summed E-state index contributed by atoms with van der Waals surface area (Å²) in [5.74, 6) is -3.57. The summed E-state index contributed by atoms with van der Waals surface area (Å²) in [6, 6.07) is 8.19. The Morgan fingerprint density at radius 1 is 0.568 bits per heavy atom. The van der Waals surface area contributed by atoms with Gasteiger partial charge in [0.15, 0.2) is 35.4 Å². The molecule has 4 aromatic heterocycles. The number of phosphoric acid groups is 6. The number of ether oxygens (including phenoxy) is 2. The molecule has 660 valence electrons. The van der Waals surface area contributed by atoms with Gasteiger partial charge in [-0.2, -0.15) is 0 Å². The standard InChI is InChI=1S/C64H100N14O34P6/c1-61(2,27-39(79)14-22-67-43(81)16-24-69-57(87)51(85)62(3,4)31-105-117(99,100)111-115(95,96)103-29-41-49(109-113(89,90)91)47(83)59(107-41)77-35-75-45-53(65)71-33-73-55(45)77)18-8-12-37-10-7-11-38(26-37)13-9-19-64(20-21-64)28-40(80)15-23-68-44(82)17-25-70-58(88)52(86)63(5,6)32-106-118(101,102)112-116(97,98)104-30-42-50(110-114(92,93)94)48(84)60(108-42)78-36-76-46-54(66)72-34-74-56(46)78/h7,10-11,26,33-36,41-42,47-52,59-60,83-86H,8-9,12-25,27-32H2,1-6H3,(H,67,81)(H,68,82)(H,69,87)(H,70,88)(H,95,96)(H,97,98)(H,99,100)(H,101,102)(H2,65,71,73)(H2,66,72,74)(H2,89,90,91)(H2,92,93,94)/p-8. The Morgan fingerprint density at radius 3 is 1.38 bits per heavy atom. The van der Waals surface area contributed by atoms with E-state index >= 15 is 0 Å². The third-order valence-electron chi connectivity index (χ3n) is 19.2. The number of amides is 4. The zero-order chi connectivity index (χ0) is 87.4. The van der Waals surface area contributed by atoms with E-state index in [-0.39, 0.29) is 115 Å². The summed E-state index contributed by atoms with van der Waals surface area (Å²) in [5, 5.41) is 53.2. The molecule has 14 unspecified atom stereocenters. The molecule has 12 N–H and O–H groups in total. The van der Waals surface area contributed by atoms with E-state index in [0.717, 1.165) is 90.5 Å². The highest BCUT2D eigenvalue weighted by Gasteiger charge is 2.50. The van der Waals surface area contributed by atoms with Gasteiger partial charge in [-0.05, 0) is 73.3 Å². The van der Waals surface area contributed by atoms with Gasteiger partial charge in [0.25, 0.3) is 31.3 Å². The number of hydrogen-bond acceptors (Lipinski definition) is 42. The average molecular weight is 1790 g/mol. The van der Waals surface area contributed by atoms with Crippen LogP contribution in [-0.4, -0.2) is 196 Å². The minimum atomic E-state index is -5.99. The van der Waals surface area contributed by atoms with Crippen LogP contribution in [0.15, 0.2) is 49.6 Å². The third-order valence-corrected chi connectivity index (χ3v) is 25.3. The molecule has 5 aromatic rings. The minimum Gasteiger partial charge on any atom is -0.790 e. The zero-order valence-electron chi connectivity index (χ0n) is 64.4. The highest BCUT2D eigenvalue weighted by molar-refractivity contribution is 7.60. The quantitative estimate of drug-likeness (QED) is 0.0170. The van der Waals surface area contributed by atoms with Crippen LogP contribution in [0.25, 0.3) is 22.3 Å². The van der Waals surface area contributed by atoms with Crippen molar-refractivity contribution in [2.45, 2.75) is 193 Å². The van der Waals surface area contributed by atoms with E-state index in [9.17, 15) is 116 Å². The van der Waals surface area contributed by atoms with Crippen molar-refractivity contribution in [1.29, 1.82) is 0 Å². The summed E-state index contributed by atoms with van der Waals surface area (Å²) in [6.45, 7) is 3.31. The summed E-state index contributed by atoms with van der Waals surface area (Å²) < 4.78 is 123. The summed E-state index contributed by atoms with van der Waals surface area (Å²) in [7, 11) is -35.6. The molecule has 4 amide bonds. The van der Waals surface area contributed by atoms with Crippen molar-refractivity contribution in [2.75, 3.05) is 64.1 Å². The van der Waals surface area contributed by atoms with E-state index in [1.165, 1.54) is 27.7 Å². The second-order valence-corrected chi connectivity index (χ2v) is 38.7. The number of hydrogen-bond donors (Lipinski definition) is 10. The van der Waals surface area contributed by atoms with E-state index < -0.39 is 169 Å². The number of nitrogen functional groups attached to an aromatic ring is 2. The fourth-order valence-corrected chi connectivity index (χ4v) is 18.3. The summed E-state index contributed by atoms with van der Waals surface area (Å²) >= 11 is 0. The molecule has 1 aliphatic carbocycles. The van der Waals surface area contributed by atoms with Crippen molar-refractivity contribution in [3.05, 3.63) is 60.7 Å². The second-order valence-electron chi connectivity index (χ2n) is 30.6. The van der Waals surface area contributed by atoms with Crippen molar-refractivity contribution in [3.8, 4) is 0 Å². The number of nitrogens with one attached hydrogen (secondary N) is 4. The highest BCUT2D eigenvalue weighted by atomic mass is 31.3. The lowest BCUT2D eigenvalue weighted by Crippen LogP contribution is -2.46. The Balaban J connectivity index is 0.641. The van der Waals surface area contributed by atoms with Gasteiger partial charge in [0.1, 0.15) is 84.1 Å². The van der Waals surface area contributed by atoms with Gasteiger partial charge in [-0.3, -0.25) is 56.2 Å². The Morgan fingerprint density at radius 2 is 0.966 bits per heavy atom. The first-order chi connectivity index (χ1) is 54.8. The fraction of sp³-hybridized carbons (Fsp3) is 0.656. The van der Waals surface area contributed by atoms with Crippen molar-refractivity contribution < 1.29 is 161 Å². The van der Waals surface area contributed by atoms with Crippen LogP contribution in [0.5, 0.6) is 0 Å². The number of ketones is 2. The number of imidazole rings is 2. The number of fused-ring (bicyclic) bond motifs is 2. The Bertz CT molecular complexity index is 4410. The number of carbonyl (C=O) groups excluding carboxylic acids is 6. The van der Waals surface area contributed by atoms with Crippen molar-refractivity contribution in [1.82, 2.24) is 60.3 Å². The maximum Gasteiger partial charge on any atom is 0.274 e. The number of carbonyl (C=O) groups is 6. The van der Waals surface area contributed by atoms with E-state index in [1.54, 1.807) is 0 Å². The largest absolute Gasteiger partial charge is 0.790 e. The maximum absolute atomic E-state index is 13.1. The van der Waals surface area contributed by atoms with Gasteiger partial charge < -0.3 is 138 Å². The number of aliphatic hydroxyl groups is 4. The molecule has 8 rings (SSSR count). The first-order valence-electron chi connectivity index (χ1n) is 36.5. The summed E-state index contributed by atoms with van der Waals surface area (Å²) in [6.07, 6.45) is -8.85. The summed E-state index contributed by atoms with van der Waals surface area (Å²) in [5.41, 5.74) is 9.69. The van der Waals surface area contributed by atoms with Gasteiger partial charge >= 0.3 is 0 Å². The third kappa shape index (κ3) is 29.2. The van der Waals surface area contributed by atoms with E-state index in [2.05, 4.69) is 93.0 Å². The number of aryl methyl sites for hydroxylation is 2. The predicted molar refractivity (Wildman–Crippen MR) is 388 cm³/mol. The number of benzene rings is 1. The van der Waals surface area contributed by atoms with Crippen LogP contribution in [0.1, 0.15) is 142 Å². The number of aromatic nitrogens is 8. The minimum absolute atomic E-state index is 0.00282. The fourth-order valence-electron chi connectivity index (χ4n) is 12.8. The molecular weight excluding hydrogens is 1690 g/mol. The van der Waals surface area contributed by atoms with Gasteiger partial charge in [-0.25, -0.2) is 38.5 Å². The highest BCUT2D eigenvalue weighted by Crippen LogP contribution is 2.59.